The molecule has 0 saturated heterocycles. The topological polar surface area (TPSA) is 110 Å². The Bertz CT molecular complexity index is 2100. The van der Waals surface area contributed by atoms with Crippen molar-refractivity contribution in [2.45, 2.75) is 28.9 Å². The number of alkyl halides is 10. The molecule has 305 valence electrons. The summed E-state index contributed by atoms with van der Waals surface area (Å²) < 4.78 is 170. The minimum absolute atomic E-state index is 0. The van der Waals surface area contributed by atoms with Gasteiger partial charge in [-0.15, -0.1) is 13.2 Å². The summed E-state index contributed by atoms with van der Waals surface area (Å²) in [5.74, 6) is -2.13. The van der Waals surface area contributed by atoms with Crippen molar-refractivity contribution in [1.29, 1.82) is 0 Å². The molecule has 5 aromatic rings. The van der Waals surface area contributed by atoms with Crippen LogP contribution < -0.4 is 0 Å². The molecule has 0 aliphatic carbocycles. The number of hydrogen-bond acceptors (Lipinski definition) is 7. The maximum absolute atomic E-state index is 13.2. The van der Waals surface area contributed by atoms with Crippen molar-refractivity contribution in [3.8, 4) is 0 Å². The average molecular weight is 949 g/mol. The van der Waals surface area contributed by atoms with Crippen molar-refractivity contribution < 1.29 is 97.4 Å². The maximum Gasteiger partial charge on any atom is 0.601 e. The number of esters is 2. The molecular formula is C33H24BrCuF11O7S2. The number of benzene rings is 4. The molecule has 0 spiro atoms. The SMILES string of the molecule is COC(=O)c1ccc(CBr)cc1.COC(=O)c1ccc(CC(F)(F)F)cc1.Fc1ccc2c(c1)c1cc(F)ccc1[s+]2C(F)(F)F.O=S(=O)([O-])C(F)(F)F.[Cu]. The molecule has 0 N–H and O–H groups in total. The van der Waals surface area contributed by atoms with Gasteiger partial charge in [0.1, 0.15) is 22.1 Å². The summed E-state index contributed by atoms with van der Waals surface area (Å²) >= 11 is 3.32. The zero-order chi connectivity index (χ0) is 41.2. The van der Waals surface area contributed by atoms with Crippen LogP contribution in [0.4, 0.5) is 48.3 Å². The molecule has 55 heavy (non-hydrogen) atoms. The quantitative estimate of drug-likeness (QED) is 0.0336. The summed E-state index contributed by atoms with van der Waals surface area (Å²) in [4.78, 5) is 21.9. The zero-order valence-electron chi connectivity index (χ0n) is 27.5. The maximum atomic E-state index is 13.2. The first-order chi connectivity index (χ1) is 24.8. The van der Waals surface area contributed by atoms with E-state index in [0.717, 1.165) is 47.3 Å². The van der Waals surface area contributed by atoms with Crippen molar-refractivity contribution >= 4 is 68.6 Å². The third-order valence-electron chi connectivity index (χ3n) is 6.44. The van der Waals surface area contributed by atoms with Gasteiger partial charge in [0.05, 0.1) is 42.5 Å². The summed E-state index contributed by atoms with van der Waals surface area (Å²) in [5, 5.41) is 1.04. The molecule has 7 nitrogen and oxygen atoms in total. The Balaban J connectivity index is 0.000000381. The van der Waals surface area contributed by atoms with Gasteiger partial charge in [0.25, 0.3) is 0 Å². The molecule has 0 aliphatic heterocycles. The molecule has 5 rings (SSSR count). The summed E-state index contributed by atoms with van der Waals surface area (Å²) in [6.07, 6.45) is -5.22. The summed E-state index contributed by atoms with van der Waals surface area (Å²) in [6.45, 7) is 0. The second-order valence-corrected chi connectivity index (χ2v) is 14.1. The second-order valence-electron chi connectivity index (χ2n) is 10.2. The smallest absolute Gasteiger partial charge is 0.601 e. The molecule has 0 saturated carbocycles. The molecule has 1 aromatic heterocycles. The molecule has 0 atom stereocenters. The standard InChI is InChI=1S/C13H6F5S.C10H9F3O2.C9H9BrO2.CHF3O3S.Cu/c14-7-1-3-11-9(5-7)10-6-8(15)2-4-12(10)19(11)13(16,17)18;1-15-9(14)8-4-2-7(3-5-8)6-10(11,12)13;1-12-9(11)8-4-2-7(6-10)3-5-8;2-1(3,4)8(5,6)7;/h1-6H;2-5H,6H2,1H3;2-5H,6H2,1H3;(H,5,6,7);/q+1;;;;/p-1. The Hall–Kier alpha value is -3.82. The number of hydrogen-bond donors (Lipinski definition) is 0. The molecule has 0 amide bonds. The van der Waals surface area contributed by atoms with Crippen molar-refractivity contribution in [2.75, 3.05) is 14.2 Å². The van der Waals surface area contributed by atoms with E-state index in [0.29, 0.717) is 5.56 Å². The van der Waals surface area contributed by atoms with Crippen LogP contribution in [-0.4, -0.2) is 50.8 Å². The van der Waals surface area contributed by atoms with Crippen LogP contribution in [0.15, 0.2) is 84.9 Å². The number of methoxy groups -OCH3 is 2. The van der Waals surface area contributed by atoms with Crippen LogP contribution in [0.5, 0.6) is 0 Å². The van der Waals surface area contributed by atoms with E-state index in [4.69, 9.17) is 13.0 Å². The number of thiophene rings is 1. The van der Waals surface area contributed by atoms with E-state index in [9.17, 15) is 57.9 Å². The Kier molecular flexibility index (Phi) is 18.2. The van der Waals surface area contributed by atoms with Gasteiger partial charge in [-0.2, -0.15) is 26.3 Å². The van der Waals surface area contributed by atoms with E-state index < -0.39 is 61.8 Å². The van der Waals surface area contributed by atoms with E-state index in [-0.39, 0.29) is 54.3 Å². The summed E-state index contributed by atoms with van der Waals surface area (Å²) in [5.41, 5.74) is -8.02. The van der Waals surface area contributed by atoms with Gasteiger partial charge in [0, 0.05) is 34.5 Å². The van der Waals surface area contributed by atoms with E-state index in [1.165, 1.54) is 38.5 Å². The summed E-state index contributed by atoms with van der Waals surface area (Å²) in [6, 6.07) is 18.7. The Morgan fingerprint density at radius 3 is 1.29 bits per heavy atom. The van der Waals surface area contributed by atoms with Crippen LogP contribution in [0, 0.1) is 11.6 Å². The van der Waals surface area contributed by atoms with Crippen LogP contribution in [0.3, 0.4) is 0 Å². The van der Waals surface area contributed by atoms with E-state index in [2.05, 4.69) is 25.4 Å². The molecule has 0 fully saturated rings. The van der Waals surface area contributed by atoms with Gasteiger partial charge in [0.15, 0.2) is 19.5 Å². The molecule has 0 aliphatic rings. The molecule has 1 heterocycles. The van der Waals surface area contributed by atoms with Crippen LogP contribution >= 0.6 is 26.4 Å². The predicted octanol–water partition coefficient (Wildman–Crippen LogP) is 10.5. The van der Waals surface area contributed by atoms with Crippen LogP contribution in [-0.2, 0) is 53.9 Å². The number of carbonyl (C=O) groups excluding carboxylic acids is 2. The van der Waals surface area contributed by atoms with Crippen LogP contribution in [0.25, 0.3) is 20.2 Å². The number of halogens is 12. The van der Waals surface area contributed by atoms with E-state index >= 15 is 0 Å². The molecule has 0 bridgehead atoms. The number of carbonyl (C=O) groups is 2. The van der Waals surface area contributed by atoms with Gasteiger partial charge in [-0.05, 0) is 59.7 Å². The molecular weight excluding hydrogens is 925 g/mol. The minimum Gasteiger partial charge on any atom is -0.741 e. The minimum atomic E-state index is -6.09. The van der Waals surface area contributed by atoms with Gasteiger partial charge in [0.2, 0.25) is 0 Å². The van der Waals surface area contributed by atoms with Gasteiger partial charge < -0.3 is 14.0 Å². The van der Waals surface area contributed by atoms with Gasteiger partial charge in [-0.1, -0.05) is 40.2 Å². The normalized spacial score (nSPS) is 11.5. The molecule has 22 heteroatoms. The Morgan fingerprint density at radius 2 is 1.02 bits per heavy atom. The van der Waals surface area contributed by atoms with Crippen LogP contribution in [0.2, 0.25) is 0 Å². The second kappa shape index (κ2) is 20.4. The average Bonchev–Trinajstić information content (AvgIpc) is 3.40. The Morgan fingerprint density at radius 1 is 0.673 bits per heavy atom. The fourth-order valence-corrected chi connectivity index (χ4v) is 6.40. The van der Waals surface area contributed by atoms with E-state index in [1.54, 1.807) is 12.1 Å². The van der Waals surface area contributed by atoms with Gasteiger partial charge >= 0.3 is 29.1 Å². The number of fused-ring (bicyclic) bond motifs is 3. The number of ether oxygens (including phenoxy) is 2. The van der Waals surface area contributed by atoms with Crippen molar-refractivity contribution in [2.24, 2.45) is 0 Å². The fraction of sp³-hybridized carbons (Fsp3) is 0.212. The van der Waals surface area contributed by atoms with Crippen molar-refractivity contribution in [3.05, 3.63) is 119 Å². The third-order valence-corrected chi connectivity index (χ3v) is 9.71. The first kappa shape index (κ1) is 49.2. The Labute approximate surface area is 326 Å². The number of rotatable bonds is 4. The van der Waals surface area contributed by atoms with Gasteiger partial charge in [-0.3, -0.25) is 0 Å². The van der Waals surface area contributed by atoms with Crippen molar-refractivity contribution in [3.63, 3.8) is 0 Å². The fourth-order valence-electron chi connectivity index (χ4n) is 4.10. The summed E-state index contributed by atoms with van der Waals surface area (Å²) in [7, 11) is -5.64. The zero-order valence-corrected chi connectivity index (χ0v) is 31.7. The van der Waals surface area contributed by atoms with Gasteiger partial charge in [-0.25, -0.2) is 26.8 Å². The van der Waals surface area contributed by atoms with Crippen LogP contribution in [0.1, 0.15) is 31.8 Å². The monoisotopic (exact) mass is 947 g/mol. The third kappa shape index (κ3) is 15.0. The largest absolute Gasteiger partial charge is 0.741 e. The molecule has 0 unspecified atom stereocenters. The first-order valence-electron chi connectivity index (χ1n) is 14.2. The van der Waals surface area contributed by atoms with E-state index in [1.807, 2.05) is 12.1 Å². The molecule has 4 aromatic carbocycles. The van der Waals surface area contributed by atoms with Crippen molar-refractivity contribution in [1.82, 2.24) is 0 Å². The first-order valence-corrected chi connectivity index (χ1v) is 18.0. The molecule has 1 radical (unpaired) electrons. The predicted molar refractivity (Wildman–Crippen MR) is 179 cm³/mol.